The van der Waals surface area contributed by atoms with Crippen molar-refractivity contribution in [3.05, 3.63) is 42.2 Å². The summed E-state index contributed by atoms with van der Waals surface area (Å²) in [6.07, 6.45) is 0.575. The van der Waals surface area contributed by atoms with E-state index in [1.165, 1.54) is 11.2 Å². The van der Waals surface area contributed by atoms with E-state index in [0.717, 1.165) is 0 Å². The monoisotopic (exact) mass is 286 g/mol. The molecule has 7 heteroatoms. The first-order chi connectivity index (χ1) is 10.1. The number of rotatable bonds is 3. The molecule has 1 aromatic heterocycles. The van der Waals surface area contributed by atoms with Crippen molar-refractivity contribution in [1.82, 2.24) is 0 Å². The van der Waals surface area contributed by atoms with E-state index in [-0.39, 0.29) is 5.84 Å². The van der Waals surface area contributed by atoms with E-state index in [1.807, 2.05) is 0 Å². The number of nitrogens with one attached hydrogen (secondary N) is 2. The fourth-order valence-electron chi connectivity index (χ4n) is 2.27. The molecule has 0 fully saturated rings. The lowest BCUT2D eigenvalue weighted by Gasteiger charge is -2.35. The summed E-state index contributed by atoms with van der Waals surface area (Å²) in [5.41, 5.74) is 6.66. The molecule has 1 amide bonds. The molecule has 108 valence electrons. The van der Waals surface area contributed by atoms with Crippen molar-refractivity contribution in [2.24, 2.45) is 5.73 Å². The molecule has 0 aliphatic carbocycles. The SMILES string of the molecule is COc1ccc(N2C(=N)c3ccoc3NC2C(N)=O)cc1. The molecule has 4 N–H and O–H groups in total. The third-order valence-corrected chi connectivity index (χ3v) is 3.31. The van der Waals surface area contributed by atoms with Crippen LogP contribution in [0.2, 0.25) is 0 Å². The lowest BCUT2D eigenvalue weighted by Crippen LogP contribution is -2.55. The normalized spacial score (nSPS) is 17.1. The number of anilines is 2. The predicted octanol–water partition coefficient (Wildman–Crippen LogP) is 1.36. The standard InChI is InChI=1S/C14H14N4O3/c1-20-9-4-2-8(3-5-9)18-11(15)10-6-7-21-14(10)17-13(18)12(16)19/h2-7,13,15,17H,1H3,(H2,16,19). The Bertz CT molecular complexity index is 692. The summed E-state index contributed by atoms with van der Waals surface area (Å²) in [4.78, 5) is 13.2. The van der Waals surface area contributed by atoms with E-state index in [4.69, 9.17) is 20.3 Å². The maximum absolute atomic E-state index is 11.7. The molecule has 1 unspecified atom stereocenters. The third kappa shape index (κ3) is 2.08. The van der Waals surface area contributed by atoms with E-state index < -0.39 is 12.1 Å². The minimum absolute atomic E-state index is 0.145. The largest absolute Gasteiger partial charge is 0.497 e. The molecule has 1 aromatic carbocycles. The van der Waals surface area contributed by atoms with Gasteiger partial charge in [-0.25, -0.2) is 0 Å². The van der Waals surface area contributed by atoms with Crippen LogP contribution in [0.1, 0.15) is 5.56 Å². The van der Waals surface area contributed by atoms with Crippen LogP contribution in [0.15, 0.2) is 41.0 Å². The Kier molecular flexibility index (Phi) is 3.02. The summed E-state index contributed by atoms with van der Waals surface area (Å²) in [6.45, 7) is 0. The molecule has 1 atom stereocenters. The summed E-state index contributed by atoms with van der Waals surface area (Å²) < 4.78 is 10.3. The number of nitrogens with zero attached hydrogens (tertiary/aromatic N) is 1. The average Bonchev–Trinajstić information content (AvgIpc) is 2.96. The highest BCUT2D eigenvalue weighted by Gasteiger charge is 2.35. The minimum atomic E-state index is -0.885. The van der Waals surface area contributed by atoms with E-state index in [1.54, 1.807) is 37.4 Å². The molecule has 0 bridgehead atoms. The number of carbonyl (C=O) groups excluding carboxylic acids is 1. The van der Waals surface area contributed by atoms with Gasteiger partial charge >= 0.3 is 0 Å². The maximum Gasteiger partial charge on any atom is 0.261 e. The van der Waals surface area contributed by atoms with Gasteiger partial charge in [-0.15, -0.1) is 0 Å². The molecule has 7 nitrogen and oxygen atoms in total. The Morgan fingerprint density at radius 1 is 1.38 bits per heavy atom. The van der Waals surface area contributed by atoms with Gasteiger partial charge in [0.1, 0.15) is 11.6 Å². The minimum Gasteiger partial charge on any atom is -0.497 e. The average molecular weight is 286 g/mol. The molecule has 0 spiro atoms. The van der Waals surface area contributed by atoms with E-state index >= 15 is 0 Å². The predicted molar refractivity (Wildman–Crippen MR) is 77.6 cm³/mol. The molecule has 3 rings (SSSR count). The molecule has 1 aliphatic rings. The first kappa shape index (κ1) is 13.0. The second-order valence-corrected chi connectivity index (χ2v) is 4.53. The molecule has 0 radical (unpaired) electrons. The lowest BCUT2D eigenvalue weighted by molar-refractivity contribution is -0.118. The quantitative estimate of drug-likeness (QED) is 0.790. The number of benzene rings is 1. The number of amidine groups is 1. The number of hydrogen-bond acceptors (Lipinski definition) is 5. The van der Waals surface area contributed by atoms with Gasteiger partial charge in [-0.05, 0) is 30.3 Å². The van der Waals surface area contributed by atoms with Crippen LogP contribution in [0.4, 0.5) is 11.6 Å². The topological polar surface area (TPSA) is 105 Å². The Morgan fingerprint density at radius 3 is 2.71 bits per heavy atom. The first-order valence-corrected chi connectivity index (χ1v) is 6.27. The van der Waals surface area contributed by atoms with Gasteiger partial charge in [-0.2, -0.15) is 0 Å². The Labute approximate surface area is 120 Å². The van der Waals surface area contributed by atoms with Crippen LogP contribution < -0.4 is 20.7 Å². The molecule has 2 heterocycles. The molecule has 0 saturated heterocycles. The smallest absolute Gasteiger partial charge is 0.261 e. The van der Waals surface area contributed by atoms with Gasteiger partial charge in [0.15, 0.2) is 6.17 Å². The summed E-state index contributed by atoms with van der Waals surface area (Å²) in [7, 11) is 1.57. The number of hydrogen-bond donors (Lipinski definition) is 3. The van der Waals surface area contributed by atoms with Crippen LogP contribution in [0.3, 0.4) is 0 Å². The van der Waals surface area contributed by atoms with Crippen LogP contribution >= 0.6 is 0 Å². The van der Waals surface area contributed by atoms with Crippen LogP contribution in [-0.4, -0.2) is 25.0 Å². The van der Waals surface area contributed by atoms with Gasteiger partial charge < -0.3 is 20.2 Å². The number of nitrogens with two attached hydrogens (primary N) is 1. The molecular formula is C14H14N4O3. The zero-order valence-electron chi connectivity index (χ0n) is 11.3. The van der Waals surface area contributed by atoms with Crippen LogP contribution in [0, 0.1) is 5.41 Å². The van der Waals surface area contributed by atoms with Crippen LogP contribution in [-0.2, 0) is 4.79 Å². The van der Waals surface area contributed by atoms with Crippen LogP contribution in [0.5, 0.6) is 5.75 Å². The van der Waals surface area contributed by atoms with Gasteiger partial charge in [0.25, 0.3) is 5.91 Å². The van der Waals surface area contributed by atoms with E-state index in [9.17, 15) is 4.79 Å². The number of fused-ring (bicyclic) bond motifs is 1. The van der Waals surface area contributed by atoms with Crippen molar-refractivity contribution < 1.29 is 13.9 Å². The summed E-state index contributed by atoms with van der Waals surface area (Å²) in [5.74, 6) is 0.604. The third-order valence-electron chi connectivity index (χ3n) is 3.31. The Balaban J connectivity index is 2.04. The van der Waals surface area contributed by atoms with Crippen molar-refractivity contribution in [2.75, 3.05) is 17.3 Å². The molecule has 0 saturated carbocycles. The summed E-state index contributed by atoms with van der Waals surface area (Å²) >= 11 is 0. The van der Waals surface area contributed by atoms with Crippen molar-refractivity contribution in [3.63, 3.8) is 0 Å². The maximum atomic E-state index is 11.7. The second-order valence-electron chi connectivity index (χ2n) is 4.53. The number of carbonyl (C=O) groups is 1. The van der Waals surface area contributed by atoms with Gasteiger partial charge in [-0.1, -0.05) is 0 Å². The second kappa shape index (κ2) is 4.86. The fourth-order valence-corrected chi connectivity index (χ4v) is 2.27. The van der Waals surface area contributed by atoms with Crippen LogP contribution in [0.25, 0.3) is 0 Å². The number of ether oxygens (including phenoxy) is 1. The van der Waals surface area contributed by atoms with E-state index in [0.29, 0.717) is 22.9 Å². The number of furan rings is 1. The van der Waals surface area contributed by atoms with Gasteiger partial charge in [-0.3, -0.25) is 15.1 Å². The number of amides is 1. The summed E-state index contributed by atoms with van der Waals surface area (Å²) in [5, 5.41) is 11.2. The Hall–Kier alpha value is -2.96. The first-order valence-electron chi connectivity index (χ1n) is 6.27. The molecule has 1 aliphatic heterocycles. The zero-order chi connectivity index (χ0) is 15.0. The fraction of sp³-hybridized carbons (Fsp3) is 0.143. The highest BCUT2D eigenvalue weighted by atomic mass is 16.5. The zero-order valence-corrected chi connectivity index (χ0v) is 11.3. The molecule has 2 aromatic rings. The number of methoxy groups -OCH3 is 1. The van der Waals surface area contributed by atoms with Crippen molar-refractivity contribution in [3.8, 4) is 5.75 Å². The van der Waals surface area contributed by atoms with Gasteiger partial charge in [0, 0.05) is 5.69 Å². The molecular weight excluding hydrogens is 272 g/mol. The van der Waals surface area contributed by atoms with Crippen molar-refractivity contribution in [1.29, 1.82) is 5.41 Å². The Morgan fingerprint density at radius 2 is 2.10 bits per heavy atom. The lowest BCUT2D eigenvalue weighted by atomic mass is 10.1. The van der Waals surface area contributed by atoms with E-state index in [2.05, 4.69) is 5.32 Å². The number of primary amides is 1. The van der Waals surface area contributed by atoms with Crippen molar-refractivity contribution in [2.45, 2.75) is 6.17 Å². The summed E-state index contributed by atoms with van der Waals surface area (Å²) in [6, 6.07) is 8.70. The highest BCUT2D eigenvalue weighted by molar-refractivity contribution is 6.16. The van der Waals surface area contributed by atoms with Crippen molar-refractivity contribution >= 4 is 23.3 Å². The highest BCUT2D eigenvalue weighted by Crippen LogP contribution is 2.31. The van der Waals surface area contributed by atoms with Gasteiger partial charge in [0.2, 0.25) is 5.88 Å². The molecule has 21 heavy (non-hydrogen) atoms. The van der Waals surface area contributed by atoms with Gasteiger partial charge in [0.05, 0.1) is 18.9 Å².